The fourth-order valence-electron chi connectivity index (χ4n) is 2.99. The van der Waals surface area contributed by atoms with Gasteiger partial charge in [-0.2, -0.15) is 18.3 Å². The summed E-state index contributed by atoms with van der Waals surface area (Å²) >= 11 is 2.99. The number of alkyl halides is 3. The van der Waals surface area contributed by atoms with Crippen molar-refractivity contribution in [2.24, 2.45) is 0 Å². The molecule has 0 amide bonds. The van der Waals surface area contributed by atoms with Crippen molar-refractivity contribution in [2.45, 2.75) is 32.5 Å². The van der Waals surface area contributed by atoms with E-state index in [-0.39, 0.29) is 6.04 Å². The summed E-state index contributed by atoms with van der Waals surface area (Å²) in [5, 5.41) is 9.84. The molecule has 1 aromatic carbocycles. The molecule has 0 atom stereocenters. The van der Waals surface area contributed by atoms with Gasteiger partial charge >= 0.3 is 6.18 Å². The van der Waals surface area contributed by atoms with E-state index in [2.05, 4.69) is 15.4 Å². The van der Waals surface area contributed by atoms with Gasteiger partial charge in [0.05, 0.1) is 16.3 Å². The van der Waals surface area contributed by atoms with Gasteiger partial charge in [-0.15, -0.1) is 22.7 Å². The number of anilines is 2. The van der Waals surface area contributed by atoms with E-state index in [1.165, 1.54) is 27.4 Å². The Morgan fingerprint density at radius 2 is 1.87 bits per heavy atom. The normalized spacial score (nSPS) is 11.9. The number of rotatable bonds is 6. The third-order valence-corrected chi connectivity index (χ3v) is 6.28. The molecule has 9 heteroatoms. The van der Waals surface area contributed by atoms with Crippen LogP contribution in [0.2, 0.25) is 0 Å². The highest BCUT2D eigenvalue weighted by Crippen LogP contribution is 2.36. The average Bonchev–Trinajstić information content (AvgIpc) is 3.41. The summed E-state index contributed by atoms with van der Waals surface area (Å²) < 4.78 is 40.8. The van der Waals surface area contributed by atoms with Crippen LogP contribution in [0, 0.1) is 0 Å². The Labute approximate surface area is 180 Å². The highest BCUT2D eigenvalue weighted by atomic mass is 32.1. The molecule has 3 heterocycles. The standard InChI is InChI=1S/C21H19F3N4S2/c1-13(2)28-17(11-19(27-28)21(22,23)24)18-9-8-16(30-18)10-15-12-29-20(26-15)25-14-6-4-3-5-7-14/h3-9,11-13H,10H2,1-2H3,(H,25,26). The van der Waals surface area contributed by atoms with Gasteiger partial charge in [0, 0.05) is 28.4 Å². The van der Waals surface area contributed by atoms with E-state index in [0.717, 1.165) is 32.3 Å². The summed E-state index contributed by atoms with van der Waals surface area (Å²) in [6.07, 6.45) is -3.84. The molecule has 4 rings (SSSR count). The number of thiazole rings is 1. The largest absolute Gasteiger partial charge is 0.435 e. The minimum Gasteiger partial charge on any atom is -0.332 e. The summed E-state index contributed by atoms with van der Waals surface area (Å²) in [4.78, 5) is 6.41. The zero-order valence-corrected chi connectivity index (χ0v) is 17.9. The van der Waals surface area contributed by atoms with E-state index < -0.39 is 11.9 Å². The van der Waals surface area contributed by atoms with Crippen molar-refractivity contribution in [3.63, 3.8) is 0 Å². The van der Waals surface area contributed by atoms with Crippen LogP contribution in [0.15, 0.2) is 53.9 Å². The third-order valence-electron chi connectivity index (χ3n) is 4.36. The van der Waals surface area contributed by atoms with Gasteiger partial charge in [0.15, 0.2) is 10.8 Å². The topological polar surface area (TPSA) is 42.7 Å². The van der Waals surface area contributed by atoms with E-state index >= 15 is 0 Å². The summed E-state index contributed by atoms with van der Waals surface area (Å²) in [6, 6.07) is 14.5. The molecule has 4 aromatic rings. The van der Waals surface area contributed by atoms with Crippen LogP contribution in [0.3, 0.4) is 0 Å². The molecule has 0 fully saturated rings. The Morgan fingerprint density at radius 1 is 1.10 bits per heavy atom. The molecule has 0 aliphatic carbocycles. The van der Waals surface area contributed by atoms with Gasteiger partial charge in [0.1, 0.15) is 0 Å². The highest BCUT2D eigenvalue weighted by Gasteiger charge is 2.35. The van der Waals surface area contributed by atoms with Crippen LogP contribution < -0.4 is 5.32 Å². The van der Waals surface area contributed by atoms with E-state index in [1.807, 2.05) is 61.7 Å². The van der Waals surface area contributed by atoms with Crippen molar-refractivity contribution < 1.29 is 13.2 Å². The van der Waals surface area contributed by atoms with Gasteiger partial charge in [0.25, 0.3) is 0 Å². The molecule has 1 N–H and O–H groups in total. The zero-order valence-electron chi connectivity index (χ0n) is 16.3. The Morgan fingerprint density at radius 3 is 2.57 bits per heavy atom. The number of aromatic nitrogens is 3. The van der Waals surface area contributed by atoms with Crippen molar-refractivity contribution in [3.8, 4) is 10.6 Å². The maximum Gasteiger partial charge on any atom is 0.435 e. The fourth-order valence-corrected chi connectivity index (χ4v) is 4.75. The smallest absolute Gasteiger partial charge is 0.332 e. The molecule has 0 radical (unpaired) electrons. The molecule has 156 valence electrons. The Kier molecular flexibility index (Phi) is 5.66. The summed E-state index contributed by atoms with van der Waals surface area (Å²) in [5.41, 5.74) is 1.51. The van der Waals surface area contributed by atoms with E-state index in [1.54, 1.807) is 0 Å². The summed E-state index contributed by atoms with van der Waals surface area (Å²) in [7, 11) is 0. The first-order chi connectivity index (χ1) is 14.3. The number of halogens is 3. The van der Waals surface area contributed by atoms with Crippen LogP contribution in [0.25, 0.3) is 10.6 Å². The lowest BCUT2D eigenvalue weighted by atomic mass is 10.2. The lowest BCUT2D eigenvalue weighted by Gasteiger charge is -2.09. The number of benzene rings is 1. The first kappa shape index (κ1) is 20.6. The number of nitrogens with one attached hydrogen (secondary N) is 1. The van der Waals surface area contributed by atoms with Crippen molar-refractivity contribution in [2.75, 3.05) is 5.32 Å². The Hall–Kier alpha value is -2.65. The predicted octanol–water partition coefficient (Wildman–Crippen LogP) is 7.00. The van der Waals surface area contributed by atoms with Crippen LogP contribution >= 0.6 is 22.7 Å². The van der Waals surface area contributed by atoms with Gasteiger partial charge in [0.2, 0.25) is 0 Å². The second kappa shape index (κ2) is 8.23. The van der Waals surface area contributed by atoms with Crippen molar-refractivity contribution >= 4 is 33.5 Å². The van der Waals surface area contributed by atoms with Crippen LogP contribution in [-0.2, 0) is 12.6 Å². The van der Waals surface area contributed by atoms with E-state index in [4.69, 9.17) is 0 Å². The molecular weight excluding hydrogens is 429 g/mol. The SMILES string of the molecule is CC(C)n1nc(C(F)(F)F)cc1-c1ccc(Cc2csc(Nc3ccccc3)n2)s1. The second-order valence-corrected chi connectivity index (χ2v) is 9.06. The minimum absolute atomic E-state index is 0.174. The number of thiophene rings is 1. The highest BCUT2D eigenvalue weighted by molar-refractivity contribution is 7.15. The number of para-hydroxylation sites is 1. The molecule has 0 bridgehead atoms. The number of hydrogen-bond donors (Lipinski definition) is 1. The molecule has 0 spiro atoms. The first-order valence-electron chi connectivity index (χ1n) is 9.32. The maximum atomic E-state index is 13.1. The Bertz CT molecular complexity index is 1130. The van der Waals surface area contributed by atoms with E-state index in [0.29, 0.717) is 12.1 Å². The minimum atomic E-state index is -4.46. The van der Waals surface area contributed by atoms with Gasteiger partial charge in [-0.1, -0.05) is 18.2 Å². The van der Waals surface area contributed by atoms with Gasteiger partial charge in [-0.05, 0) is 44.2 Å². The van der Waals surface area contributed by atoms with Crippen LogP contribution in [0.5, 0.6) is 0 Å². The number of nitrogens with zero attached hydrogens (tertiary/aromatic N) is 3. The van der Waals surface area contributed by atoms with Crippen LogP contribution in [0.1, 0.15) is 36.2 Å². The lowest BCUT2D eigenvalue weighted by Crippen LogP contribution is -2.09. The molecule has 0 saturated carbocycles. The van der Waals surface area contributed by atoms with Gasteiger partial charge < -0.3 is 5.32 Å². The lowest BCUT2D eigenvalue weighted by molar-refractivity contribution is -0.141. The third kappa shape index (κ3) is 4.57. The van der Waals surface area contributed by atoms with E-state index in [9.17, 15) is 13.2 Å². The molecule has 4 nitrogen and oxygen atoms in total. The molecular formula is C21H19F3N4S2. The quantitative estimate of drug-likeness (QED) is 0.345. The van der Waals surface area contributed by atoms with Crippen LogP contribution in [0.4, 0.5) is 24.0 Å². The summed E-state index contributed by atoms with van der Waals surface area (Å²) in [5.74, 6) is 0. The maximum absolute atomic E-state index is 13.1. The summed E-state index contributed by atoms with van der Waals surface area (Å²) in [6.45, 7) is 3.64. The predicted molar refractivity (Wildman–Crippen MR) is 116 cm³/mol. The Balaban J connectivity index is 1.52. The average molecular weight is 449 g/mol. The second-order valence-electron chi connectivity index (χ2n) is 7.03. The van der Waals surface area contributed by atoms with Gasteiger partial charge in [-0.3, -0.25) is 4.68 Å². The van der Waals surface area contributed by atoms with Crippen molar-refractivity contribution in [3.05, 3.63) is 70.2 Å². The molecule has 0 aliphatic heterocycles. The molecule has 0 aliphatic rings. The number of hydrogen-bond acceptors (Lipinski definition) is 5. The van der Waals surface area contributed by atoms with Crippen LogP contribution in [-0.4, -0.2) is 14.8 Å². The zero-order chi connectivity index (χ0) is 21.3. The molecule has 30 heavy (non-hydrogen) atoms. The van der Waals surface area contributed by atoms with Gasteiger partial charge in [-0.25, -0.2) is 4.98 Å². The molecule has 3 aromatic heterocycles. The van der Waals surface area contributed by atoms with Crippen molar-refractivity contribution in [1.82, 2.24) is 14.8 Å². The monoisotopic (exact) mass is 448 g/mol. The molecule has 0 unspecified atom stereocenters. The first-order valence-corrected chi connectivity index (χ1v) is 11.0. The van der Waals surface area contributed by atoms with Crippen molar-refractivity contribution in [1.29, 1.82) is 0 Å². The molecule has 0 saturated heterocycles. The fraction of sp³-hybridized carbons (Fsp3) is 0.238.